The van der Waals surface area contributed by atoms with E-state index < -0.39 is 11.3 Å². The fourth-order valence-electron chi connectivity index (χ4n) is 4.03. The lowest BCUT2D eigenvalue weighted by atomic mass is 9.79. The Labute approximate surface area is 146 Å². The summed E-state index contributed by atoms with van der Waals surface area (Å²) in [5.41, 5.74) is -0.00582. The van der Waals surface area contributed by atoms with Gasteiger partial charge in [0.05, 0.1) is 19.3 Å². The molecule has 3 fully saturated rings. The van der Waals surface area contributed by atoms with Crippen LogP contribution in [0.2, 0.25) is 0 Å². The van der Waals surface area contributed by atoms with Crippen LogP contribution >= 0.6 is 0 Å². The molecule has 0 bridgehead atoms. The van der Waals surface area contributed by atoms with Crippen molar-refractivity contribution in [3.05, 3.63) is 35.6 Å². The van der Waals surface area contributed by atoms with Crippen LogP contribution in [0.3, 0.4) is 0 Å². The molecule has 0 radical (unpaired) electrons. The van der Waals surface area contributed by atoms with Crippen LogP contribution in [0.15, 0.2) is 24.3 Å². The molecule has 0 aromatic heterocycles. The van der Waals surface area contributed by atoms with Gasteiger partial charge in [0, 0.05) is 18.8 Å². The average molecular weight is 344 g/mol. The minimum Gasteiger partial charge on any atom is -0.348 e. The van der Waals surface area contributed by atoms with E-state index in [9.17, 15) is 14.4 Å². The zero-order chi connectivity index (χ0) is 17.5. The maximum Gasteiger partial charge on any atom is 0.224 e. The highest BCUT2D eigenvalue weighted by Crippen LogP contribution is 2.48. The molecule has 1 aliphatic heterocycles. The quantitative estimate of drug-likeness (QED) is 0.915. The van der Waals surface area contributed by atoms with E-state index in [1.807, 2.05) is 6.07 Å². The van der Waals surface area contributed by atoms with Crippen molar-refractivity contribution in [2.24, 2.45) is 5.92 Å². The minimum atomic E-state index is -0.854. The second-order valence-corrected chi connectivity index (χ2v) is 7.29. The Morgan fingerprint density at radius 2 is 1.96 bits per heavy atom. The molecule has 6 heteroatoms. The summed E-state index contributed by atoms with van der Waals surface area (Å²) in [5, 5.41) is 12.6. The fourth-order valence-corrected chi connectivity index (χ4v) is 4.03. The van der Waals surface area contributed by atoms with Gasteiger partial charge in [-0.15, -0.1) is 0 Å². The van der Waals surface area contributed by atoms with E-state index in [1.54, 1.807) is 6.07 Å². The number of carbonyl (C=O) groups excluding carboxylic acids is 1. The number of nitrogens with one attached hydrogen (secondary N) is 1. The van der Waals surface area contributed by atoms with Crippen molar-refractivity contribution in [3.8, 4) is 6.07 Å². The minimum absolute atomic E-state index is 0.0443. The van der Waals surface area contributed by atoms with Crippen LogP contribution in [0, 0.1) is 23.1 Å². The number of rotatable bonds is 3. The molecule has 4 rings (SSSR count). The van der Waals surface area contributed by atoms with Crippen molar-refractivity contribution in [2.45, 2.75) is 49.3 Å². The normalized spacial score (nSPS) is 29.1. The monoisotopic (exact) mass is 344 g/mol. The van der Waals surface area contributed by atoms with Gasteiger partial charge in [-0.05, 0) is 42.9 Å². The van der Waals surface area contributed by atoms with Crippen molar-refractivity contribution in [3.63, 3.8) is 0 Å². The maximum absolute atomic E-state index is 13.3. The first-order valence-electron chi connectivity index (χ1n) is 8.82. The highest BCUT2D eigenvalue weighted by Gasteiger charge is 2.50. The predicted octanol–water partition coefficient (Wildman–Crippen LogP) is 2.62. The second-order valence-electron chi connectivity index (χ2n) is 7.29. The molecule has 2 atom stereocenters. The van der Waals surface area contributed by atoms with E-state index >= 15 is 0 Å². The summed E-state index contributed by atoms with van der Waals surface area (Å²) < 4.78 is 24.7. The van der Waals surface area contributed by atoms with Crippen LogP contribution in [0.4, 0.5) is 4.39 Å². The van der Waals surface area contributed by atoms with E-state index in [2.05, 4.69) is 11.4 Å². The highest BCUT2D eigenvalue weighted by molar-refractivity contribution is 5.84. The molecule has 2 saturated carbocycles. The summed E-state index contributed by atoms with van der Waals surface area (Å²) in [5.74, 6) is -1.09. The first-order valence-corrected chi connectivity index (χ1v) is 8.82. The van der Waals surface area contributed by atoms with Gasteiger partial charge < -0.3 is 14.8 Å². The van der Waals surface area contributed by atoms with Gasteiger partial charge in [0.2, 0.25) is 5.91 Å². The summed E-state index contributed by atoms with van der Waals surface area (Å²) in [4.78, 5) is 12.6. The molecule has 1 N–H and O–H groups in total. The lowest BCUT2D eigenvalue weighted by Crippen LogP contribution is -2.53. The Bertz CT molecular complexity index is 714. The second kappa shape index (κ2) is 6.08. The number of carbonyl (C=O) groups is 1. The summed E-state index contributed by atoms with van der Waals surface area (Å²) >= 11 is 0. The van der Waals surface area contributed by atoms with Crippen molar-refractivity contribution >= 4 is 5.91 Å². The highest BCUT2D eigenvalue weighted by atomic mass is 19.1. The van der Waals surface area contributed by atoms with Gasteiger partial charge in [0.1, 0.15) is 11.4 Å². The number of amides is 1. The van der Waals surface area contributed by atoms with Crippen LogP contribution < -0.4 is 5.32 Å². The number of benzene rings is 1. The third-order valence-electron chi connectivity index (χ3n) is 5.66. The molecule has 1 heterocycles. The number of halogens is 1. The molecule has 0 unspecified atom stereocenters. The van der Waals surface area contributed by atoms with Crippen LogP contribution in [-0.2, 0) is 14.3 Å². The van der Waals surface area contributed by atoms with Gasteiger partial charge in [0.25, 0.3) is 0 Å². The summed E-state index contributed by atoms with van der Waals surface area (Å²) in [7, 11) is 0. The lowest BCUT2D eigenvalue weighted by molar-refractivity contribution is -0.183. The molecule has 1 saturated heterocycles. The van der Waals surface area contributed by atoms with E-state index in [0.717, 1.165) is 5.56 Å². The Morgan fingerprint density at radius 3 is 2.60 bits per heavy atom. The first kappa shape index (κ1) is 16.5. The number of hydrogen-bond donors (Lipinski definition) is 1. The van der Waals surface area contributed by atoms with Crippen LogP contribution in [0.25, 0.3) is 0 Å². The van der Waals surface area contributed by atoms with Gasteiger partial charge >= 0.3 is 0 Å². The third kappa shape index (κ3) is 3.14. The summed E-state index contributed by atoms with van der Waals surface area (Å²) in [6.45, 7) is 1.17. The maximum atomic E-state index is 13.3. The topological polar surface area (TPSA) is 71.4 Å². The summed E-state index contributed by atoms with van der Waals surface area (Å²) in [6.07, 6.45) is 2.96. The molecular formula is C19H21FN2O3. The molecule has 25 heavy (non-hydrogen) atoms. The first-order chi connectivity index (χ1) is 12.0. The number of nitrogens with zero attached hydrogens (tertiary/aromatic N) is 1. The molecule has 3 aliphatic rings. The Morgan fingerprint density at radius 1 is 1.24 bits per heavy atom. The Hall–Kier alpha value is -1.97. The van der Waals surface area contributed by atoms with Crippen LogP contribution in [0.1, 0.15) is 43.6 Å². The molecule has 1 aromatic rings. The number of nitriles is 1. The molecule has 2 aliphatic carbocycles. The van der Waals surface area contributed by atoms with E-state index in [4.69, 9.17) is 9.47 Å². The molecule has 5 nitrogen and oxygen atoms in total. The number of hydrogen-bond acceptors (Lipinski definition) is 4. The third-order valence-corrected chi connectivity index (χ3v) is 5.66. The van der Waals surface area contributed by atoms with Gasteiger partial charge in [-0.25, -0.2) is 4.39 Å². The zero-order valence-electron chi connectivity index (χ0n) is 14.0. The van der Waals surface area contributed by atoms with Gasteiger partial charge in [-0.3, -0.25) is 4.79 Å². The molecule has 1 aromatic carbocycles. The van der Waals surface area contributed by atoms with Crippen molar-refractivity contribution in [1.82, 2.24) is 5.32 Å². The standard InChI is InChI=1S/C19H21FN2O3/c20-14-3-1-2-13(10-14)15-11-16(15)17(23)22-18(12-21)4-6-19(7-5-18)24-8-9-25-19/h1-3,10,15-16H,4-9,11H2,(H,22,23)/t15-,16-/m1/s1. The fraction of sp³-hybridized carbons (Fsp3) is 0.579. The molecule has 1 spiro atoms. The summed E-state index contributed by atoms with van der Waals surface area (Å²) in [6, 6.07) is 8.69. The SMILES string of the molecule is N#CC1(NC(=O)[C@@H]2C[C@@H]2c2cccc(F)c2)CCC2(CC1)OCCO2. The average Bonchev–Trinajstić information content (AvgIpc) is 3.31. The van der Waals surface area contributed by atoms with Gasteiger partial charge in [-0.2, -0.15) is 5.26 Å². The predicted molar refractivity (Wildman–Crippen MR) is 86.8 cm³/mol. The van der Waals surface area contributed by atoms with Gasteiger partial charge in [-0.1, -0.05) is 12.1 Å². The van der Waals surface area contributed by atoms with E-state index in [0.29, 0.717) is 45.3 Å². The Balaban J connectivity index is 1.38. The number of ether oxygens (including phenoxy) is 2. The lowest BCUT2D eigenvalue weighted by Gasteiger charge is -2.40. The van der Waals surface area contributed by atoms with E-state index in [1.165, 1.54) is 12.1 Å². The van der Waals surface area contributed by atoms with Crippen LogP contribution in [-0.4, -0.2) is 30.4 Å². The van der Waals surface area contributed by atoms with Crippen molar-refractivity contribution in [2.75, 3.05) is 13.2 Å². The molecule has 132 valence electrons. The smallest absolute Gasteiger partial charge is 0.224 e. The van der Waals surface area contributed by atoms with Crippen LogP contribution in [0.5, 0.6) is 0 Å². The Kier molecular flexibility index (Phi) is 4.01. The largest absolute Gasteiger partial charge is 0.348 e. The van der Waals surface area contributed by atoms with Gasteiger partial charge in [0.15, 0.2) is 5.79 Å². The van der Waals surface area contributed by atoms with Crippen molar-refractivity contribution in [1.29, 1.82) is 5.26 Å². The molecular weight excluding hydrogens is 323 g/mol. The zero-order valence-corrected chi connectivity index (χ0v) is 14.0. The van der Waals surface area contributed by atoms with Crippen molar-refractivity contribution < 1.29 is 18.7 Å². The van der Waals surface area contributed by atoms with E-state index in [-0.39, 0.29) is 23.6 Å². The molecule has 1 amide bonds.